The van der Waals surface area contributed by atoms with Gasteiger partial charge in [0.2, 0.25) is 5.91 Å². The molecule has 0 saturated carbocycles. The highest BCUT2D eigenvalue weighted by molar-refractivity contribution is 5.99. The smallest absolute Gasteiger partial charge is 0.227 e. The third-order valence-electron chi connectivity index (χ3n) is 4.88. The van der Waals surface area contributed by atoms with Gasteiger partial charge in [0, 0.05) is 30.1 Å². The summed E-state index contributed by atoms with van der Waals surface area (Å²) >= 11 is 0. The maximum atomic E-state index is 12.3. The van der Waals surface area contributed by atoms with Crippen molar-refractivity contribution in [2.75, 3.05) is 11.9 Å². The summed E-state index contributed by atoms with van der Waals surface area (Å²) in [7, 11) is 1.78. The van der Waals surface area contributed by atoms with Gasteiger partial charge in [-0.15, -0.1) is 0 Å². The van der Waals surface area contributed by atoms with Gasteiger partial charge in [-0.1, -0.05) is 32.0 Å². The van der Waals surface area contributed by atoms with E-state index in [2.05, 4.69) is 19.9 Å². The zero-order chi connectivity index (χ0) is 17.6. The molecule has 1 aliphatic heterocycles. The number of anilines is 1. The topological polar surface area (TPSA) is 57.6 Å². The van der Waals surface area contributed by atoms with Crippen LogP contribution in [-0.4, -0.2) is 24.3 Å². The molecular formula is C20H21NO3. The molecule has 2 aromatic rings. The summed E-state index contributed by atoms with van der Waals surface area (Å²) in [6.07, 6.45) is 1.12. The van der Waals surface area contributed by atoms with E-state index in [1.807, 2.05) is 13.0 Å². The predicted octanol–water partition coefficient (Wildman–Crippen LogP) is 3.82. The van der Waals surface area contributed by atoms with E-state index in [1.165, 1.54) is 0 Å². The van der Waals surface area contributed by atoms with Gasteiger partial charge in [0.1, 0.15) is 5.75 Å². The van der Waals surface area contributed by atoms with Gasteiger partial charge in [-0.25, -0.2) is 0 Å². The van der Waals surface area contributed by atoms with E-state index >= 15 is 0 Å². The second-order valence-corrected chi connectivity index (χ2v) is 7.06. The number of carbonyl (C=O) groups excluding carboxylic acids is 2. The first-order valence-electron chi connectivity index (χ1n) is 7.95. The average molecular weight is 323 g/mol. The molecule has 1 amide bonds. The molecule has 0 saturated heterocycles. The van der Waals surface area contributed by atoms with Crippen molar-refractivity contribution in [2.45, 2.75) is 32.6 Å². The standard InChI is InChI=1S/C20H21NO3/c1-12-8-16-17(21(4)18(23)10-20(16,2)3)9-15(12)14-7-5-6-13(11-22)19(14)24/h5-9,11,24H,10H2,1-4H3. The molecule has 1 N–H and O–H groups in total. The van der Waals surface area contributed by atoms with Crippen molar-refractivity contribution < 1.29 is 14.7 Å². The molecule has 1 heterocycles. The average Bonchev–Trinajstić information content (AvgIpc) is 2.53. The fraction of sp³-hybridized carbons (Fsp3) is 0.300. The van der Waals surface area contributed by atoms with Gasteiger partial charge in [0.25, 0.3) is 0 Å². The lowest BCUT2D eigenvalue weighted by Gasteiger charge is -2.37. The molecule has 0 aliphatic carbocycles. The van der Waals surface area contributed by atoms with Gasteiger partial charge in [-0.05, 0) is 35.7 Å². The molecule has 1 aliphatic rings. The highest BCUT2D eigenvalue weighted by atomic mass is 16.3. The number of benzene rings is 2. The van der Waals surface area contributed by atoms with E-state index < -0.39 is 0 Å². The Labute approximate surface area is 141 Å². The number of aldehydes is 1. The Morgan fingerprint density at radius 3 is 2.58 bits per heavy atom. The van der Waals surface area contributed by atoms with E-state index in [0.717, 1.165) is 22.4 Å². The van der Waals surface area contributed by atoms with Crippen molar-refractivity contribution in [2.24, 2.45) is 0 Å². The minimum Gasteiger partial charge on any atom is -0.507 e. The minimum absolute atomic E-state index is 0.0281. The number of hydrogen-bond donors (Lipinski definition) is 1. The normalized spacial score (nSPS) is 16.0. The van der Waals surface area contributed by atoms with Crippen LogP contribution in [0.15, 0.2) is 30.3 Å². The molecule has 0 radical (unpaired) electrons. The summed E-state index contributed by atoms with van der Waals surface area (Å²) in [5.74, 6) is 0.0489. The monoisotopic (exact) mass is 323 g/mol. The fourth-order valence-corrected chi connectivity index (χ4v) is 3.41. The molecule has 0 fully saturated rings. The van der Waals surface area contributed by atoms with E-state index in [0.29, 0.717) is 18.3 Å². The van der Waals surface area contributed by atoms with Crippen molar-refractivity contribution in [1.29, 1.82) is 0 Å². The maximum absolute atomic E-state index is 12.3. The lowest BCUT2D eigenvalue weighted by atomic mass is 9.76. The van der Waals surface area contributed by atoms with E-state index in [9.17, 15) is 14.7 Å². The summed E-state index contributed by atoms with van der Waals surface area (Å²) in [5, 5.41) is 10.4. The van der Waals surface area contributed by atoms with Gasteiger partial charge < -0.3 is 10.0 Å². The van der Waals surface area contributed by atoms with Crippen LogP contribution < -0.4 is 4.90 Å². The van der Waals surface area contributed by atoms with Crippen molar-refractivity contribution in [3.8, 4) is 16.9 Å². The zero-order valence-corrected chi connectivity index (χ0v) is 14.4. The Hall–Kier alpha value is -2.62. The summed E-state index contributed by atoms with van der Waals surface area (Å²) in [6, 6.07) is 9.13. The summed E-state index contributed by atoms with van der Waals surface area (Å²) in [6.45, 7) is 6.12. The van der Waals surface area contributed by atoms with Crippen molar-refractivity contribution >= 4 is 17.9 Å². The van der Waals surface area contributed by atoms with Crippen LogP contribution in [0.4, 0.5) is 5.69 Å². The van der Waals surface area contributed by atoms with E-state index in [1.54, 1.807) is 30.1 Å². The number of para-hydroxylation sites is 1. The quantitative estimate of drug-likeness (QED) is 0.855. The van der Waals surface area contributed by atoms with Gasteiger partial charge in [-0.2, -0.15) is 0 Å². The summed E-state index contributed by atoms with van der Waals surface area (Å²) in [5.41, 5.74) is 4.44. The van der Waals surface area contributed by atoms with Crippen LogP contribution in [0.2, 0.25) is 0 Å². The number of phenols is 1. The Morgan fingerprint density at radius 1 is 1.21 bits per heavy atom. The lowest BCUT2D eigenvalue weighted by molar-refractivity contribution is -0.119. The molecule has 2 aromatic carbocycles. The molecule has 0 unspecified atom stereocenters. The second-order valence-electron chi connectivity index (χ2n) is 7.06. The zero-order valence-electron chi connectivity index (χ0n) is 14.4. The number of nitrogens with zero attached hydrogens (tertiary/aromatic N) is 1. The van der Waals surface area contributed by atoms with Crippen molar-refractivity contribution in [1.82, 2.24) is 0 Å². The molecule has 0 spiro atoms. The van der Waals surface area contributed by atoms with Crippen molar-refractivity contribution in [3.05, 3.63) is 47.0 Å². The van der Waals surface area contributed by atoms with Crippen LogP contribution >= 0.6 is 0 Å². The molecule has 0 atom stereocenters. The number of fused-ring (bicyclic) bond motifs is 1. The SMILES string of the molecule is Cc1cc2c(cc1-c1cccc(C=O)c1O)N(C)C(=O)CC2(C)C. The number of amides is 1. The molecule has 24 heavy (non-hydrogen) atoms. The first-order chi connectivity index (χ1) is 11.3. The molecular weight excluding hydrogens is 302 g/mol. The third kappa shape index (κ3) is 2.39. The van der Waals surface area contributed by atoms with Gasteiger partial charge in [-0.3, -0.25) is 9.59 Å². The van der Waals surface area contributed by atoms with Crippen LogP contribution in [0.3, 0.4) is 0 Å². The largest absolute Gasteiger partial charge is 0.507 e. The van der Waals surface area contributed by atoms with E-state index in [4.69, 9.17) is 0 Å². The maximum Gasteiger partial charge on any atom is 0.227 e. The molecule has 4 heteroatoms. The fourth-order valence-electron chi connectivity index (χ4n) is 3.41. The van der Waals surface area contributed by atoms with Crippen molar-refractivity contribution in [3.63, 3.8) is 0 Å². The number of rotatable bonds is 2. The predicted molar refractivity (Wildman–Crippen MR) is 94.7 cm³/mol. The number of carbonyl (C=O) groups is 2. The Morgan fingerprint density at radius 2 is 1.92 bits per heavy atom. The number of phenolic OH excluding ortho intramolecular Hbond substituents is 1. The van der Waals surface area contributed by atoms with Crippen LogP contribution in [0.1, 0.15) is 41.8 Å². The summed E-state index contributed by atoms with van der Waals surface area (Å²) in [4.78, 5) is 25.1. The molecule has 0 aromatic heterocycles. The third-order valence-corrected chi connectivity index (χ3v) is 4.88. The van der Waals surface area contributed by atoms with Gasteiger partial charge >= 0.3 is 0 Å². The molecule has 3 rings (SSSR count). The van der Waals surface area contributed by atoms with Crippen LogP contribution in [-0.2, 0) is 10.2 Å². The Bertz CT molecular complexity index is 852. The molecule has 4 nitrogen and oxygen atoms in total. The van der Waals surface area contributed by atoms with Gasteiger partial charge in [0.15, 0.2) is 6.29 Å². The lowest BCUT2D eigenvalue weighted by Crippen LogP contribution is -2.39. The number of aryl methyl sites for hydroxylation is 1. The van der Waals surface area contributed by atoms with Crippen LogP contribution in [0.5, 0.6) is 5.75 Å². The highest BCUT2D eigenvalue weighted by Gasteiger charge is 2.35. The minimum atomic E-state index is -0.227. The molecule has 124 valence electrons. The Kier molecular flexibility index (Phi) is 3.71. The van der Waals surface area contributed by atoms with E-state index in [-0.39, 0.29) is 22.6 Å². The number of aromatic hydroxyl groups is 1. The highest BCUT2D eigenvalue weighted by Crippen LogP contribution is 2.44. The van der Waals surface area contributed by atoms with Crippen LogP contribution in [0, 0.1) is 6.92 Å². The molecule has 0 bridgehead atoms. The van der Waals surface area contributed by atoms with Gasteiger partial charge in [0.05, 0.1) is 5.56 Å². The summed E-state index contributed by atoms with van der Waals surface area (Å²) < 4.78 is 0. The first-order valence-corrected chi connectivity index (χ1v) is 7.95. The Balaban J connectivity index is 2.27. The second kappa shape index (κ2) is 5.48. The first kappa shape index (κ1) is 16.2. The van der Waals surface area contributed by atoms with Crippen LogP contribution in [0.25, 0.3) is 11.1 Å². The number of hydrogen-bond acceptors (Lipinski definition) is 3.